The van der Waals surface area contributed by atoms with E-state index in [0.29, 0.717) is 11.0 Å². The lowest BCUT2D eigenvalue weighted by molar-refractivity contribution is 0.585. The van der Waals surface area contributed by atoms with Crippen LogP contribution in [0.15, 0.2) is 53.6 Å². The van der Waals surface area contributed by atoms with E-state index in [9.17, 15) is 12.8 Å². The first-order chi connectivity index (χ1) is 12.9. The van der Waals surface area contributed by atoms with Crippen molar-refractivity contribution < 1.29 is 12.8 Å². The molecule has 0 unspecified atom stereocenters. The van der Waals surface area contributed by atoms with Crippen molar-refractivity contribution in [2.24, 2.45) is 0 Å². The largest absolute Gasteiger partial charge is 0.266 e. The first-order valence-electron chi connectivity index (χ1n) is 7.64. The van der Waals surface area contributed by atoms with Crippen molar-refractivity contribution in [1.82, 2.24) is 18.5 Å². The highest BCUT2D eigenvalue weighted by atomic mass is 35.5. The predicted molar refractivity (Wildman–Crippen MR) is 101 cm³/mol. The summed E-state index contributed by atoms with van der Waals surface area (Å²) in [6.45, 7) is 0.0683. The molecule has 1 N–H and O–H groups in total. The number of fused-ring (bicyclic) bond motifs is 1. The van der Waals surface area contributed by atoms with Gasteiger partial charge in [-0.05, 0) is 24.3 Å². The molecular weight excluding hydrogens is 413 g/mol. The molecule has 2 heterocycles. The minimum absolute atomic E-state index is 0.0143. The fourth-order valence-corrected chi connectivity index (χ4v) is 4.53. The Hall–Kier alpha value is -2.56. The highest BCUT2D eigenvalue weighted by Gasteiger charge is 2.20. The fraction of sp³-hybridized carbons (Fsp3) is 0.0625. The number of hydrogen-bond acceptors (Lipinski definition) is 6. The van der Waals surface area contributed by atoms with Gasteiger partial charge in [0.1, 0.15) is 21.7 Å². The Morgan fingerprint density at radius 3 is 2.78 bits per heavy atom. The second-order valence-electron chi connectivity index (χ2n) is 5.59. The van der Waals surface area contributed by atoms with Gasteiger partial charge in [0, 0.05) is 22.8 Å². The van der Waals surface area contributed by atoms with Crippen LogP contribution in [-0.2, 0) is 16.6 Å². The SMILES string of the molecule is O=S(=O)(Nc1ccn(Cc2c(F)cccc2Cl)n1)c1cccc2nsnc12. The average Bonchev–Trinajstić information content (AvgIpc) is 3.26. The summed E-state index contributed by atoms with van der Waals surface area (Å²) in [5.41, 5.74) is 1.07. The van der Waals surface area contributed by atoms with Crippen LogP contribution in [0.1, 0.15) is 5.56 Å². The van der Waals surface area contributed by atoms with E-state index in [4.69, 9.17) is 11.6 Å². The highest BCUT2D eigenvalue weighted by Crippen LogP contribution is 2.24. The van der Waals surface area contributed by atoms with Gasteiger partial charge < -0.3 is 0 Å². The lowest BCUT2D eigenvalue weighted by Gasteiger charge is -2.07. The van der Waals surface area contributed by atoms with Crippen LogP contribution in [0.3, 0.4) is 0 Å². The molecule has 0 aliphatic heterocycles. The molecule has 0 aliphatic rings. The van der Waals surface area contributed by atoms with Crippen LogP contribution in [0.25, 0.3) is 11.0 Å². The molecule has 0 saturated carbocycles. The summed E-state index contributed by atoms with van der Waals surface area (Å²) in [7, 11) is -3.91. The minimum Gasteiger partial charge on any atom is -0.266 e. The number of anilines is 1. The smallest absolute Gasteiger partial charge is 0.265 e. The summed E-state index contributed by atoms with van der Waals surface area (Å²) in [6, 6.07) is 10.6. The molecule has 0 saturated heterocycles. The first kappa shape index (κ1) is 17.8. The highest BCUT2D eigenvalue weighted by molar-refractivity contribution is 7.93. The van der Waals surface area contributed by atoms with Crippen molar-refractivity contribution >= 4 is 50.2 Å². The van der Waals surface area contributed by atoms with Crippen LogP contribution in [0.2, 0.25) is 5.02 Å². The third-order valence-electron chi connectivity index (χ3n) is 3.80. The van der Waals surface area contributed by atoms with Crippen LogP contribution in [-0.4, -0.2) is 26.9 Å². The van der Waals surface area contributed by atoms with Crippen molar-refractivity contribution in [3.63, 3.8) is 0 Å². The van der Waals surface area contributed by atoms with Crippen LogP contribution in [0.5, 0.6) is 0 Å². The van der Waals surface area contributed by atoms with Gasteiger partial charge in [-0.15, -0.1) is 0 Å². The summed E-state index contributed by atoms with van der Waals surface area (Å²) in [5, 5.41) is 4.41. The number of hydrogen-bond donors (Lipinski definition) is 1. The summed E-state index contributed by atoms with van der Waals surface area (Å²) < 4.78 is 51.1. The Labute approximate surface area is 162 Å². The van der Waals surface area contributed by atoms with Crippen molar-refractivity contribution in [3.8, 4) is 0 Å². The monoisotopic (exact) mass is 423 g/mol. The molecule has 0 fully saturated rings. The zero-order valence-electron chi connectivity index (χ0n) is 13.5. The van der Waals surface area contributed by atoms with E-state index in [0.717, 1.165) is 11.7 Å². The summed E-state index contributed by atoms with van der Waals surface area (Å²) in [4.78, 5) is 0.0143. The molecule has 0 radical (unpaired) electrons. The van der Waals surface area contributed by atoms with E-state index in [-0.39, 0.29) is 27.8 Å². The van der Waals surface area contributed by atoms with Gasteiger partial charge in [0.25, 0.3) is 10.0 Å². The second-order valence-corrected chi connectivity index (χ2v) is 8.18. The third kappa shape index (κ3) is 3.51. The van der Waals surface area contributed by atoms with Gasteiger partial charge in [-0.1, -0.05) is 23.7 Å². The molecule has 2 aromatic heterocycles. The van der Waals surface area contributed by atoms with E-state index < -0.39 is 15.8 Å². The molecule has 27 heavy (non-hydrogen) atoms. The van der Waals surface area contributed by atoms with Crippen molar-refractivity contribution in [3.05, 3.63) is 65.1 Å². The molecular formula is C16H11ClFN5O2S2. The zero-order chi connectivity index (χ0) is 19.0. The van der Waals surface area contributed by atoms with E-state index >= 15 is 0 Å². The maximum Gasteiger partial charge on any atom is 0.265 e. The van der Waals surface area contributed by atoms with E-state index in [1.54, 1.807) is 18.2 Å². The van der Waals surface area contributed by atoms with Gasteiger partial charge in [-0.25, -0.2) is 12.8 Å². The zero-order valence-corrected chi connectivity index (χ0v) is 15.9. The third-order valence-corrected chi connectivity index (χ3v) is 6.08. The standard InChI is InChI=1S/C16H11ClFN5O2S2/c17-11-3-1-4-12(18)10(11)9-23-8-7-15(19-23)22-27(24,25)14-6-2-5-13-16(14)21-26-20-13/h1-8H,9H2,(H,19,22). The fourth-order valence-electron chi connectivity index (χ4n) is 2.54. The Kier molecular flexibility index (Phi) is 4.54. The maximum absolute atomic E-state index is 13.9. The number of sulfonamides is 1. The number of nitrogens with zero attached hydrogens (tertiary/aromatic N) is 4. The van der Waals surface area contributed by atoms with Gasteiger partial charge in [-0.3, -0.25) is 9.40 Å². The van der Waals surface area contributed by atoms with Gasteiger partial charge in [0.15, 0.2) is 5.82 Å². The molecule has 0 spiro atoms. The average molecular weight is 424 g/mol. The topological polar surface area (TPSA) is 89.8 Å². The maximum atomic E-state index is 13.9. The van der Waals surface area contributed by atoms with Crippen LogP contribution in [0.4, 0.5) is 10.2 Å². The second kappa shape index (κ2) is 6.87. The van der Waals surface area contributed by atoms with E-state index in [1.807, 2.05) is 0 Å². The summed E-state index contributed by atoms with van der Waals surface area (Å²) in [6.07, 6.45) is 1.53. The number of nitrogens with one attached hydrogen (secondary N) is 1. The number of rotatable bonds is 5. The normalized spacial score (nSPS) is 11.8. The van der Waals surface area contributed by atoms with E-state index in [2.05, 4.69) is 18.6 Å². The van der Waals surface area contributed by atoms with Crippen LogP contribution in [0, 0.1) is 5.82 Å². The number of halogens is 2. The lowest BCUT2D eigenvalue weighted by atomic mass is 10.2. The molecule has 0 aliphatic carbocycles. The Morgan fingerprint density at radius 1 is 1.15 bits per heavy atom. The van der Waals surface area contributed by atoms with Crippen LogP contribution < -0.4 is 4.72 Å². The van der Waals surface area contributed by atoms with Crippen molar-refractivity contribution in [2.75, 3.05) is 4.72 Å². The van der Waals surface area contributed by atoms with Gasteiger partial charge in [-0.2, -0.15) is 13.8 Å². The first-order valence-corrected chi connectivity index (χ1v) is 10.2. The Bertz CT molecular complexity index is 1220. The van der Waals surface area contributed by atoms with Gasteiger partial charge in [0.05, 0.1) is 18.3 Å². The molecule has 11 heteroatoms. The van der Waals surface area contributed by atoms with Crippen molar-refractivity contribution in [2.45, 2.75) is 11.4 Å². The quantitative estimate of drug-likeness (QED) is 0.530. The molecule has 0 bridgehead atoms. The lowest BCUT2D eigenvalue weighted by Crippen LogP contribution is -2.14. The summed E-state index contributed by atoms with van der Waals surface area (Å²) in [5.74, 6) is -0.356. The summed E-state index contributed by atoms with van der Waals surface area (Å²) >= 11 is 6.95. The molecule has 4 aromatic rings. The van der Waals surface area contributed by atoms with E-state index in [1.165, 1.54) is 35.1 Å². The molecule has 0 amide bonds. The molecule has 138 valence electrons. The van der Waals surface area contributed by atoms with Gasteiger partial charge >= 0.3 is 0 Å². The number of benzene rings is 2. The van der Waals surface area contributed by atoms with Gasteiger partial charge in [0.2, 0.25) is 0 Å². The van der Waals surface area contributed by atoms with Crippen LogP contribution >= 0.6 is 23.3 Å². The molecule has 0 atom stereocenters. The molecule has 7 nitrogen and oxygen atoms in total. The number of aromatic nitrogens is 4. The molecule has 2 aromatic carbocycles. The van der Waals surface area contributed by atoms with Crippen molar-refractivity contribution in [1.29, 1.82) is 0 Å². The Balaban J connectivity index is 1.60. The molecule has 4 rings (SSSR count). The Morgan fingerprint density at radius 2 is 1.96 bits per heavy atom. The predicted octanol–water partition coefficient (Wildman–Crippen LogP) is 3.53. The minimum atomic E-state index is -3.91.